The third-order valence-corrected chi connectivity index (χ3v) is 4.41. The Balaban J connectivity index is 1.88. The maximum absolute atomic E-state index is 11.2. The largest absolute Gasteiger partial charge is 0.478 e. The SMILES string of the molecule is O=C(O)c1ccc2nc(C3CC3)n(C3CCCOC3)c2c1. The molecule has 1 aliphatic heterocycles. The van der Waals surface area contributed by atoms with Crippen LogP contribution in [0.4, 0.5) is 0 Å². The Bertz CT molecular complexity index is 697. The van der Waals surface area contributed by atoms with Gasteiger partial charge in [-0.25, -0.2) is 9.78 Å². The van der Waals surface area contributed by atoms with Gasteiger partial charge >= 0.3 is 5.97 Å². The summed E-state index contributed by atoms with van der Waals surface area (Å²) in [5.74, 6) is 0.758. The molecule has 2 aliphatic rings. The molecule has 0 radical (unpaired) electrons. The molecule has 2 aromatic rings. The number of carboxylic acid groups (broad SMARTS) is 1. The second-order valence-electron chi connectivity index (χ2n) is 5.99. The highest BCUT2D eigenvalue weighted by molar-refractivity contribution is 5.92. The van der Waals surface area contributed by atoms with E-state index in [4.69, 9.17) is 9.72 Å². The van der Waals surface area contributed by atoms with E-state index < -0.39 is 5.97 Å². The molecule has 0 bridgehead atoms. The van der Waals surface area contributed by atoms with Crippen molar-refractivity contribution in [3.05, 3.63) is 29.6 Å². The van der Waals surface area contributed by atoms with Crippen LogP contribution in [-0.2, 0) is 4.74 Å². The summed E-state index contributed by atoms with van der Waals surface area (Å²) in [4.78, 5) is 16.0. The molecule has 4 rings (SSSR count). The Morgan fingerprint density at radius 1 is 1.33 bits per heavy atom. The highest BCUT2D eigenvalue weighted by atomic mass is 16.5. The van der Waals surface area contributed by atoms with Crippen LogP contribution in [0.25, 0.3) is 11.0 Å². The minimum absolute atomic E-state index is 0.281. The van der Waals surface area contributed by atoms with Crippen LogP contribution in [0.1, 0.15) is 53.8 Å². The fourth-order valence-corrected chi connectivity index (χ4v) is 3.19. The molecule has 1 saturated carbocycles. The average Bonchev–Trinajstić information content (AvgIpc) is 3.28. The molecule has 1 aromatic carbocycles. The molecule has 21 heavy (non-hydrogen) atoms. The first-order valence-corrected chi connectivity index (χ1v) is 7.57. The van der Waals surface area contributed by atoms with Crippen molar-refractivity contribution in [2.75, 3.05) is 13.2 Å². The smallest absolute Gasteiger partial charge is 0.335 e. The highest BCUT2D eigenvalue weighted by Gasteiger charge is 2.32. The van der Waals surface area contributed by atoms with E-state index in [1.165, 1.54) is 12.8 Å². The lowest BCUT2D eigenvalue weighted by Crippen LogP contribution is -2.22. The molecule has 5 heteroatoms. The minimum Gasteiger partial charge on any atom is -0.478 e. The van der Waals surface area contributed by atoms with Crippen molar-refractivity contribution in [3.8, 4) is 0 Å². The van der Waals surface area contributed by atoms with Gasteiger partial charge in [0.1, 0.15) is 5.82 Å². The molecule has 0 spiro atoms. The summed E-state index contributed by atoms with van der Waals surface area (Å²) in [6.07, 6.45) is 4.49. The van der Waals surface area contributed by atoms with Crippen LogP contribution in [0.2, 0.25) is 0 Å². The van der Waals surface area contributed by atoms with Gasteiger partial charge in [0.2, 0.25) is 0 Å². The average molecular weight is 286 g/mol. The zero-order chi connectivity index (χ0) is 14.4. The molecular weight excluding hydrogens is 268 g/mol. The van der Waals surface area contributed by atoms with E-state index in [1.807, 2.05) is 6.07 Å². The Hall–Kier alpha value is -1.88. The molecule has 110 valence electrons. The molecular formula is C16H18N2O3. The van der Waals surface area contributed by atoms with Gasteiger partial charge in [-0.1, -0.05) is 0 Å². The summed E-state index contributed by atoms with van der Waals surface area (Å²) in [5.41, 5.74) is 2.16. The van der Waals surface area contributed by atoms with E-state index in [0.29, 0.717) is 18.1 Å². The van der Waals surface area contributed by atoms with Crippen LogP contribution in [0.3, 0.4) is 0 Å². The number of rotatable bonds is 3. The minimum atomic E-state index is -0.891. The number of hydrogen-bond donors (Lipinski definition) is 1. The summed E-state index contributed by atoms with van der Waals surface area (Å²) < 4.78 is 7.87. The van der Waals surface area contributed by atoms with E-state index >= 15 is 0 Å². The summed E-state index contributed by atoms with van der Waals surface area (Å²) in [7, 11) is 0. The summed E-state index contributed by atoms with van der Waals surface area (Å²) in [6, 6.07) is 5.50. The highest BCUT2D eigenvalue weighted by Crippen LogP contribution is 2.42. The number of aromatic nitrogens is 2. The second-order valence-corrected chi connectivity index (χ2v) is 5.99. The Labute approximate surface area is 122 Å². The van der Waals surface area contributed by atoms with Crippen molar-refractivity contribution in [1.82, 2.24) is 9.55 Å². The first-order chi connectivity index (χ1) is 10.2. The van der Waals surface area contributed by atoms with E-state index in [1.54, 1.807) is 12.1 Å². The maximum Gasteiger partial charge on any atom is 0.335 e. The van der Waals surface area contributed by atoms with Crippen LogP contribution < -0.4 is 0 Å². The predicted octanol–water partition coefficient (Wildman–Crippen LogP) is 2.96. The van der Waals surface area contributed by atoms with Crippen LogP contribution in [-0.4, -0.2) is 33.8 Å². The number of carboxylic acids is 1. The zero-order valence-corrected chi connectivity index (χ0v) is 11.8. The van der Waals surface area contributed by atoms with E-state index in [9.17, 15) is 9.90 Å². The van der Waals surface area contributed by atoms with Gasteiger partial charge in [-0.3, -0.25) is 0 Å². The van der Waals surface area contributed by atoms with Gasteiger partial charge in [-0.2, -0.15) is 0 Å². The van der Waals surface area contributed by atoms with E-state index in [2.05, 4.69) is 4.57 Å². The molecule has 1 atom stereocenters. The van der Waals surface area contributed by atoms with Crippen molar-refractivity contribution >= 4 is 17.0 Å². The summed E-state index contributed by atoms with van der Waals surface area (Å²) >= 11 is 0. The number of hydrogen-bond acceptors (Lipinski definition) is 3. The molecule has 1 aliphatic carbocycles. The molecule has 5 nitrogen and oxygen atoms in total. The molecule has 1 unspecified atom stereocenters. The lowest BCUT2D eigenvalue weighted by Gasteiger charge is -2.25. The zero-order valence-electron chi connectivity index (χ0n) is 11.8. The predicted molar refractivity (Wildman–Crippen MR) is 77.8 cm³/mol. The van der Waals surface area contributed by atoms with Crippen molar-refractivity contribution in [2.45, 2.75) is 37.6 Å². The first kappa shape index (κ1) is 12.8. The van der Waals surface area contributed by atoms with Gasteiger partial charge in [-0.15, -0.1) is 0 Å². The van der Waals surface area contributed by atoms with Gasteiger partial charge in [0.25, 0.3) is 0 Å². The molecule has 2 heterocycles. The Morgan fingerprint density at radius 3 is 2.86 bits per heavy atom. The molecule has 1 N–H and O–H groups in total. The Morgan fingerprint density at radius 2 is 2.19 bits per heavy atom. The number of fused-ring (bicyclic) bond motifs is 1. The van der Waals surface area contributed by atoms with Crippen LogP contribution in [0, 0.1) is 0 Å². The van der Waals surface area contributed by atoms with E-state index in [-0.39, 0.29) is 6.04 Å². The number of aromatic carboxylic acids is 1. The van der Waals surface area contributed by atoms with Gasteiger partial charge < -0.3 is 14.4 Å². The van der Waals surface area contributed by atoms with E-state index in [0.717, 1.165) is 36.3 Å². The van der Waals surface area contributed by atoms with Crippen LogP contribution in [0.15, 0.2) is 18.2 Å². The third-order valence-electron chi connectivity index (χ3n) is 4.41. The molecule has 0 amide bonds. The number of benzene rings is 1. The maximum atomic E-state index is 11.2. The fraction of sp³-hybridized carbons (Fsp3) is 0.500. The lowest BCUT2D eigenvalue weighted by atomic mass is 10.1. The van der Waals surface area contributed by atoms with Crippen LogP contribution >= 0.6 is 0 Å². The fourth-order valence-electron chi connectivity index (χ4n) is 3.19. The van der Waals surface area contributed by atoms with Crippen molar-refractivity contribution in [3.63, 3.8) is 0 Å². The number of ether oxygens (including phenoxy) is 1. The molecule has 1 saturated heterocycles. The summed E-state index contributed by atoms with van der Waals surface area (Å²) in [5, 5.41) is 9.22. The number of imidazole rings is 1. The molecule has 1 aromatic heterocycles. The van der Waals surface area contributed by atoms with Crippen molar-refractivity contribution in [2.24, 2.45) is 0 Å². The summed E-state index contributed by atoms with van der Waals surface area (Å²) in [6.45, 7) is 1.52. The normalized spacial score (nSPS) is 22.6. The molecule has 2 fully saturated rings. The van der Waals surface area contributed by atoms with Gasteiger partial charge in [0.05, 0.1) is 29.2 Å². The van der Waals surface area contributed by atoms with Crippen molar-refractivity contribution < 1.29 is 14.6 Å². The third kappa shape index (κ3) is 2.21. The lowest BCUT2D eigenvalue weighted by molar-refractivity contribution is 0.0595. The monoisotopic (exact) mass is 286 g/mol. The first-order valence-electron chi connectivity index (χ1n) is 7.57. The quantitative estimate of drug-likeness (QED) is 0.942. The second kappa shape index (κ2) is 4.84. The van der Waals surface area contributed by atoms with Crippen molar-refractivity contribution in [1.29, 1.82) is 0 Å². The number of carbonyl (C=O) groups is 1. The van der Waals surface area contributed by atoms with Gasteiger partial charge in [0, 0.05) is 12.5 Å². The standard InChI is InChI=1S/C16H18N2O3/c19-16(20)11-5-6-13-14(8-11)18(12-2-1-7-21-9-12)15(17-13)10-3-4-10/h5-6,8,10,12H,1-4,7,9H2,(H,19,20). The number of nitrogens with zero attached hydrogens (tertiary/aromatic N) is 2. The van der Waals surface area contributed by atoms with Crippen LogP contribution in [0.5, 0.6) is 0 Å². The van der Waals surface area contributed by atoms with Gasteiger partial charge in [0.15, 0.2) is 0 Å². The topological polar surface area (TPSA) is 64.3 Å². The van der Waals surface area contributed by atoms with Gasteiger partial charge in [-0.05, 0) is 43.9 Å². The Kier molecular flexibility index (Phi) is 2.96.